The molecular weight excluding hydrogens is 495 g/mol. The zero-order chi connectivity index (χ0) is 20.8. The number of amides is 1. The van der Waals surface area contributed by atoms with Gasteiger partial charge >= 0.3 is 0 Å². The van der Waals surface area contributed by atoms with E-state index in [0.29, 0.717) is 33.9 Å². The molecule has 1 amide bonds. The van der Waals surface area contributed by atoms with Gasteiger partial charge < -0.3 is 9.88 Å². The van der Waals surface area contributed by atoms with Crippen LogP contribution in [0.1, 0.15) is 11.4 Å². The van der Waals surface area contributed by atoms with E-state index >= 15 is 0 Å². The van der Waals surface area contributed by atoms with E-state index in [2.05, 4.69) is 38.0 Å². The van der Waals surface area contributed by atoms with Gasteiger partial charge in [0, 0.05) is 22.5 Å². The highest BCUT2D eigenvalue weighted by molar-refractivity contribution is 9.10. The SMILES string of the molecule is C=CCn1c(Cc2ccc(Cl)cc2)nnc1SCC(=O)Nc1ccc(Br)cc1Cl. The second-order valence-corrected chi connectivity index (χ2v) is 8.76. The Hall–Kier alpha value is -1.80. The maximum atomic E-state index is 12.3. The number of rotatable bonds is 8. The molecule has 3 aromatic rings. The Morgan fingerprint density at radius 2 is 1.97 bits per heavy atom. The van der Waals surface area contributed by atoms with Crippen molar-refractivity contribution in [1.82, 2.24) is 14.8 Å². The molecule has 0 fully saturated rings. The van der Waals surface area contributed by atoms with Crippen LogP contribution < -0.4 is 5.32 Å². The molecule has 3 rings (SSSR count). The summed E-state index contributed by atoms with van der Waals surface area (Å²) in [6.45, 7) is 4.36. The lowest BCUT2D eigenvalue weighted by Crippen LogP contribution is -2.15. The number of anilines is 1. The number of nitrogens with zero attached hydrogens (tertiary/aromatic N) is 3. The fraction of sp³-hybridized carbons (Fsp3) is 0.150. The summed E-state index contributed by atoms with van der Waals surface area (Å²) in [6, 6.07) is 12.9. The molecule has 0 radical (unpaired) electrons. The normalized spacial score (nSPS) is 10.7. The quantitative estimate of drug-likeness (QED) is 0.304. The third-order valence-electron chi connectivity index (χ3n) is 3.92. The lowest BCUT2D eigenvalue weighted by molar-refractivity contribution is -0.113. The molecule has 0 unspecified atom stereocenters. The summed E-state index contributed by atoms with van der Waals surface area (Å²) in [5, 5.41) is 13.2. The highest BCUT2D eigenvalue weighted by Gasteiger charge is 2.14. The number of aromatic nitrogens is 3. The lowest BCUT2D eigenvalue weighted by Gasteiger charge is -2.09. The number of benzene rings is 2. The first-order chi connectivity index (χ1) is 14.0. The van der Waals surface area contributed by atoms with Crippen LogP contribution in [0.2, 0.25) is 10.0 Å². The van der Waals surface area contributed by atoms with E-state index in [1.165, 1.54) is 11.8 Å². The summed E-state index contributed by atoms with van der Waals surface area (Å²) in [6.07, 6.45) is 2.39. The van der Waals surface area contributed by atoms with Gasteiger partial charge in [0.2, 0.25) is 5.91 Å². The van der Waals surface area contributed by atoms with Crippen LogP contribution in [0.4, 0.5) is 5.69 Å². The monoisotopic (exact) mass is 510 g/mol. The third-order valence-corrected chi connectivity index (χ3v) is 5.94. The summed E-state index contributed by atoms with van der Waals surface area (Å²) < 4.78 is 2.80. The standard InChI is InChI=1S/C20H17BrCl2N4OS/c1-2-9-27-18(10-13-3-6-15(22)7-4-13)25-26-20(27)29-12-19(28)24-17-8-5-14(21)11-16(17)23/h2-8,11H,1,9-10,12H2,(H,24,28). The molecule has 150 valence electrons. The first kappa shape index (κ1) is 21.9. The summed E-state index contributed by atoms with van der Waals surface area (Å²) in [7, 11) is 0. The number of carbonyl (C=O) groups is 1. The van der Waals surface area contributed by atoms with Gasteiger partial charge in [-0.2, -0.15) is 0 Å². The zero-order valence-corrected chi connectivity index (χ0v) is 19.2. The third kappa shape index (κ3) is 6.09. The van der Waals surface area contributed by atoms with E-state index in [0.717, 1.165) is 15.9 Å². The number of nitrogens with one attached hydrogen (secondary N) is 1. The van der Waals surface area contributed by atoms with Crippen LogP contribution in [0.25, 0.3) is 0 Å². The molecule has 0 aliphatic rings. The zero-order valence-electron chi connectivity index (χ0n) is 15.2. The van der Waals surface area contributed by atoms with E-state index in [1.54, 1.807) is 18.2 Å². The molecule has 1 heterocycles. The molecular formula is C20H17BrCl2N4OS. The van der Waals surface area contributed by atoms with Crippen molar-refractivity contribution in [1.29, 1.82) is 0 Å². The summed E-state index contributed by atoms with van der Waals surface area (Å²) in [5.41, 5.74) is 1.64. The van der Waals surface area contributed by atoms with E-state index in [-0.39, 0.29) is 11.7 Å². The van der Waals surface area contributed by atoms with Crippen molar-refractivity contribution in [2.45, 2.75) is 18.1 Å². The van der Waals surface area contributed by atoms with Crippen molar-refractivity contribution in [3.05, 3.63) is 81.0 Å². The van der Waals surface area contributed by atoms with Crippen LogP contribution in [-0.2, 0) is 17.8 Å². The van der Waals surface area contributed by atoms with Crippen molar-refractivity contribution < 1.29 is 4.79 Å². The Kier molecular flexibility index (Phi) is 7.77. The van der Waals surface area contributed by atoms with Crippen molar-refractivity contribution in [3.63, 3.8) is 0 Å². The number of hydrogen-bond donors (Lipinski definition) is 1. The molecule has 9 heteroatoms. The van der Waals surface area contributed by atoms with Gasteiger partial charge in [0.15, 0.2) is 5.16 Å². The molecule has 2 aromatic carbocycles. The predicted molar refractivity (Wildman–Crippen MR) is 123 cm³/mol. The van der Waals surface area contributed by atoms with E-state index in [1.807, 2.05) is 34.9 Å². The Morgan fingerprint density at radius 3 is 2.66 bits per heavy atom. The first-order valence-electron chi connectivity index (χ1n) is 8.61. The van der Waals surface area contributed by atoms with Gasteiger partial charge in [-0.25, -0.2) is 0 Å². The maximum absolute atomic E-state index is 12.3. The van der Waals surface area contributed by atoms with E-state index in [4.69, 9.17) is 23.2 Å². The molecule has 0 aliphatic carbocycles. The maximum Gasteiger partial charge on any atom is 0.234 e. The van der Waals surface area contributed by atoms with Crippen molar-refractivity contribution in [2.75, 3.05) is 11.1 Å². The fourth-order valence-electron chi connectivity index (χ4n) is 2.56. The van der Waals surface area contributed by atoms with Gasteiger partial charge in [0.25, 0.3) is 0 Å². The molecule has 0 atom stereocenters. The van der Waals surface area contributed by atoms with Gasteiger partial charge in [0.1, 0.15) is 5.82 Å². The minimum Gasteiger partial charge on any atom is -0.324 e. The summed E-state index contributed by atoms with van der Waals surface area (Å²) in [4.78, 5) is 12.3. The largest absolute Gasteiger partial charge is 0.324 e. The minimum atomic E-state index is -0.174. The van der Waals surface area contributed by atoms with Crippen LogP contribution in [0.15, 0.2) is 64.7 Å². The number of carbonyl (C=O) groups excluding carboxylic acids is 1. The second-order valence-electron chi connectivity index (χ2n) is 6.06. The van der Waals surface area contributed by atoms with Gasteiger partial charge in [-0.05, 0) is 35.9 Å². The van der Waals surface area contributed by atoms with Crippen molar-refractivity contribution >= 4 is 62.5 Å². The highest BCUT2D eigenvalue weighted by Crippen LogP contribution is 2.26. The molecule has 0 bridgehead atoms. The van der Waals surface area contributed by atoms with Crippen LogP contribution in [0.3, 0.4) is 0 Å². The fourth-order valence-corrected chi connectivity index (χ4v) is 4.17. The van der Waals surface area contributed by atoms with Gasteiger partial charge in [-0.15, -0.1) is 16.8 Å². The first-order valence-corrected chi connectivity index (χ1v) is 11.1. The number of hydrogen-bond acceptors (Lipinski definition) is 4. The molecule has 0 saturated carbocycles. The molecule has 0 saturated heterocycles. The van der Waals surface area contributed by atoms with Crippen LogP contribution in [0.5, 0.6) is 0 Å². The van der Waals surface area contributed by atoms with E-state index in [9.17, 15) is 4.79 Å². The molecule has 29 heavy (non-hydrogen) atoms. The van der Waals surface area contributed by atoms with Gasteiger partial charge in [-0.3, -0.25) is 4.79 Å². The molecule has 0 aliphatic heterocycles. The van der Waals surface area contributed by atoms with Crippen LogP contribution >= 0.6 is 50.9 Å². The summed E-state index contributed by atoms with van der Waals surface area (Å²) >= 11 is 16.8. The summed E-state index contributed by atoms with van der Waals surface area (Å²) in [5.74, 6) is 0.806. The molecule has 1 aromatic heterocycles. The number of halogens is 3. The Labute approximate surface area is 191 Å². The van der Waals surface area contributed by atoms with Crippen molar-refractivity contribution in [3.8, 4) is 0 Å². The molecule has 0 spiro atoms. The Balaban J connectivity index is 1.66. The average molecular weight is 512 g/mol. The Bertz CT molecular complexity index is 1020. The number of thioether (sulfide) groups is 1. The van der Waals surface area contributed by atoms with Crippen LogP contribution in [0, 0.1) is 0 Å². The Morgan fingerprint density at radius 1 is 1.21 bits per heavy atom. The minimum absolute atomic E-state index is 0.174. The average Bonchev–Trinajstić information content (AvgIpc) is 3.06. The van der Waals surface area contributed by atoms with E-state index < -0.39 is 0 Å². The molecule has 5 nitrogen and oxygen atoms in total. The second kappa shape index (κ2) is 10.3. The lowest BCUT2D eigenvalue weighted by atomic mass is 10.1. The smallest absolute Gasteiger partial charge is 0.234 e. The van der Waals surface area contributed by atoms with Crippen molar-refractivity contribution in [2.24, 2.45) is 0 Å². The predicted octanol–water partition coefficient (Wildman–Crippen LogP) is 5.86. The topological polar surface area (TPSA) is 59.8 Å². The van der Waals surface area contributed by atoms with Gasteiger partial charge in [-0.1, -0.05) is 69.1 Å². The molecule has 1 N–H and O–H groups in total. The highest BCUT2D eigenvalue weighted by atomic mass is 79.9. The van der Waals surface area contributed by atoms with Gasteiger partial charge in [0.05, 0.1) is 16.5 Å². The number of allylic oxidation sites excluding steroid dienone is 1. The van der Waals surface area contributed by atoms with Crippen LogP contribution in [-0.4, -0.2) is 26.4 Å².